The maximum Gasteiger partial charge on any atom is 0.224 e. The number of anilines is 1. The lowest BCUT2D eigenvalue weighted by molar-refractivity contribution is -0.116. The molecule has 0 unspecified atom stereocenters. The van der Waals surface area contributed by atoms with Crippen molar-refractivity contribution in [3.8, 4) is 11.5 Å². The standard InChI is InChI=1S/C12H16NO3/c1-4-5-12(14)13-9-6-7-10(15-2)11(8-9)16-3/h6-8H,1,4-5H2,2-3H3,(H,13,14). The van der Waals surface area contributed by atoms with Crippen molar-refractivity contribution in [3.63, 3.8) is 0 Å². The quantitative estimate of drug-likeness (QED) is 0.831. The Hall–Kier alpha value is -1.71. The van der Waals surface area contributed by atoms with Crippen molar-refractivity contribution in [2.75, 3.05) is 19.5 Å². The number of carbonyl (C=O) groups excluding carboxylic acids is 1. The highest BCUT2D eigenvalue weighted by atomic mass is 16.5. The molecule has 0 spiro atoms. The van der Waals surface area contributed by atoms with E-state index in [-0.39, 0.29) is 5.91 Å². The summed E-state index contributed by atoms with van der Waals surface area (Å²) < 4.78 is 10.2. The molecule has 0 atom stereocenters. The molecule has 1 aromatic rings. The third kappa shape index (κ3) is 3.15. The number of hydrogen-bond acceptors (Lipinski definition) is 3. The molecule has 1 amide bonds. The zero-order chi connectivity index (χ0) is 12.0. The number of methoxy groups -OCH3 is 2. The van der Waals surface area contributed by atoms with Gasteiger partial charge in [-0.15, -0.1) is 0 Å². The Morgan fingerprint density at radius 3 is 2.56 bits per heavy atom. The first-order valence-corrected chi connectivity index (χ1v) is 5.02. The van der Waals surface area contributed by atoms with Crippen molar-refractivity contribution in [3.05, 3.63) is 25.1 Å². The van der Waals surface area contributed by atoms with Crippen LogP contribution in [0.5, 0.6) is 11.5 Å². The molecule has 4 heteroatoms. The van der Waals surface area contributed by atoms with Crippen molar-refractivity contribution in [2.24, 2.45) is 0 Å². The summed E-state index contributed by atoms with van der Waals surface area (Å²) >= 11 is 0. The van der Waals surface area contributed by atoms with Gasteiger partial charge in [-0.3, -0.25) is 4.79 Å². The molecule has 0 aliphatic rings. The molecule has 0 aromatic heterocycles. The molecule has 16 heavy (non-hydrogen) atoms. The molecule has 0 bridgehead atoms. The summed E-state index contributed by atoms with van der Waals surface area (Å²) in [7, 11) is 3.12. The fourth-order valence-electron chi connectivity index (χ4n) is 1.30. The van der Waals surface area contributed by atoms with Crippen molar-refractivity contribution in [2.45, 2.75) is 12.8 Å². The van der Waals surface area contributed by atoms with Crippen molar-refractivity contribution < 1.29 is 14.3 Å². The number of benzene rings is 1. The highest BCUT2D eigenvalue weighted by Gasteiger charge is 2.06. The molecule has 1 N–H and O–H groups in total. The van der Waals surface area contributed by atoms with Gasteiger partial charge in [0, 0.05) is 18.2 Å². The van der Waals surface area contributed by atoms with E-state index in [2.05, 4.69) is 12.2 Å². The van der Waals surface area contributed by atoms with E-state index in [1.165, 1.54) is 0 Å². The van der Waals surface area contributed by atoms with Crippen LogP contribution in [0.15, 0.2) is 18.2 Å². The molecule has 0 saturated heterocycles. The van der Waals surface area contributed by atoms with Crippen LogP contribution in [0.25, 0.3) is 0 Å². The van der Waals surface area contributed by atoms with E-state index >= 15 is 0 Å². The molecule has 0 aliphatic heterocycles. The lowest BCUT2D eigenvalue weighted by Gasteiger charge is -2.10. The van der Waals surface area contributed by atoms with E-state index in [0.29, 0.717) is 30.0 Å². The van der Waals surface area contributed by atoms with Crippen LogP contribution in [0, 0.1) is 6.92 Å². The predicted octanol–water partition coefficient (Wildman–Crippen LogP) is 2.26. The summed E-state index contributed by atoms with van der Waals surface area (Å²) in [4.78, 5) is 11.3. The number of carbonyl (C=O) groups is 1. The Balaban J connectivity index is 2.78. The first-order chi connectivity index (χ1) is 7.71. The zero-order valence-corrected chi connectivity index (χ0v) is 9.58. The first-order valence-electron chi connectivity index (χ1n) is 5.02. The van der Waals surface area contributed by atoms with Crippen LogP contribution in [0.3, 0.4) is 0 Å². The minimum absolute atomic E-state index is 0.0535. The van der Waals surface area contributed by atoms with Gasteiger partial charge < -0.3 is 14.8 Å². The number of nitrogens with one attached hydrogen (secondary N) is 1. The molecule has 4 nitrogen and oxygen atoms in total. The topological polar surface area (TPSA) is 47.6 Å². The highest BCUT2D eigenvalue weighted by Crippen LogP contribution is 2.29. The third-order valence-electron chi connectivity index (χ3n) is 2.07. The van der Waals surface area contributed by atoms with Gasteiger partial charge in [-0.2, -0.15) is 0 Å². The number of ether oxygens (including phenoxy) is 2. The second-order valence-corrected chi connectivity index (χ2v) is 3.22. The summed E-state index contributed by atoms with van der Waals surface area (Å²) in [5.74, 6) is 1.18. The fraction of sp³-hybridized carbons (Fsp3) is 0.333. The zero-order valence-electron chi connectivity index (χ0n) is 9.58. The molecule has 87 valence electrons. The molecular weight excluding hydrogens is 206 g/mol. The number of amides is 1. The van der Waals surface area contributed by atoms with Gasteiger partial charge in [-0.25, -0.2) is 0 Å². The summed E-state index contributed by atoms with van der Waals surface area (Å²) in [5.41, 5.74) is 0.691. The lowest BCUT2D eigenvalue weighted by Crippen LogP contribution is -2.10. The Bertz CT molecular complexity index is 363. The van der Waals surface area contributed by atoms with Crippen LogP contribution in [0.4, 0.5) is 5.69 Å². The van der Waals surface area contributed by atoms with Crippen molar-refractivity contribution in [1.29, 1.82) is 0 Å². The number of hydrogen-bond donors (Lipinski definition) is 1. The normalized spacial score (nSPS) is 9.69. The van der Waals surface area contributed by atoms with Gasteiger partial charge in [0.05, 0.1) is 14.2 Å². The molecule has 0 heterocycles. The largest absolute Gasteiger partial charge is 0.493 e. The number of rotatable bonds is 5. The Morgan fingerprint density at radius 1 is 1.31 bits per heavy atom. The van der Waals surface area contributed by atoms with E-state index in [1.807, 2.05) is 0 Å². The van der Waals surface area contributed by atoms with Crippen LogP contribution < -0.4 is 14.8 Å². The Morgan fingerprint density at radius 2 is 2.00 bits per heavy atom. The highest BCUT2D eigenvalue weighted by molar-refractivity contribution is 5.91. The van der Waals surface area contributed by atoms with E-state index in [0.717, 1.165) is 0 Å². The van der Waals surface area contributed by atoms with Crippen LogP contribution >= 0.6 is 0 Å². The Labute approximate surface area is 95.6 Å². The third-order valence-corrected chi connectivity index (χ3v) is 2.07. The van der Waals surface area contributed by atoms with Crippen molar-refractivity contribution >= 4 is 11.6 Å². The van der Waals surface area contributed by atoms with Gasteiger partial charge in [0.25, 0.3) is 0 Å². The minimum Gasteiger partial charge on any atom is -0.493 e. The maximum absolute atomic E-state index is 11.3. The lowest BCUT2D eigenvalue weighted by atomic mass is 10.2. The average Bonchev–Trinajstić information content (AvgIpc) is 2.29. The maximum atomic E-state index is 11.3. The van der Waals surface area contributed by atoms with Crippen molar-refractivity contribution in [1.82, 2.24) is 0 Å². The average molecular weight is 222 g/mol. The molecule has 0 fully saturated rings. The summed E-state index contributed by atoms with van der Waals surface area (Å²) in [6.45, 7) is 3.62. The van der Waals surface area contributed by atoms with Gasteiger partial charge in [0.15, 0.2) is 11.5 Å². The Kier molecular flexibility index (Phi) is 4.64. The second kappa shape index (κ2) is 6.00. The SMILES string of the molecule is [CH2]CCC(=O)Nc1ccc(OC)c(OC)c1. The van der Waals surface area contributed by atoms with Crippen LogP contribution in [-0.4, -0.2) is 20.1 Å². The van der Waals surface area contributed by atoms with Crippen LogP contribution in [0.1, 0.15) is 12.8 Å². The summed E-state index contributed by atoms with van der Waals surface area (Å²) in [6, 6.07) is 5.24. The fourth-order valence-corrected chi connectivity index (χ4v) is 1.30. The van der Waals surface area contributed by atoms with Crippen LogP contribution in [-0.2, 0) is 4.79 Å². The van der Waals surface area contributed by atoms with Gasteiger partial charge in [-0.05, 0) is 18.6 Å². The first kappa shape index (κ1) is 12.4. The minimum atomic E-state index is -0.0535. The summed E-state index contributed by atoms with van der Waals surface area (Å²) in [6.07, 6.45) is 0.994. The van der Waals surface area contributed by atoms with E-state index in [9.17, 15) is 4.79 Å². The van der Waals surface area contributed by atoms with Gasteiger partial charge >= 0.3 is 0 Å². The van der Waals surface area contributed by atoms with Gasteiger partial charge in [0.1, 0.15) is 0 Å². The summed E-state index contributed by atoms with van der Waals surface area (Å²) in [5, 5.41) is 2.75. The van der Waals surface area contributed by atoms with E-state index in [1.54, 1.807) is 32.4 Å². The predicted molar refractivity (Wildman–Crippen MR) is 62.8 cm³/mol. The van der Waals surface area contributed by atoms with Gasteiger partial charge in [-0.1, -0.05) is 6.92 Å². The van der Waals surface area contributed by atoms with Gasteiger partial charge in [0.2, 0.25) is 5.91 Å². The molecule has 1 rings (SSSR count). The molecular formula is C12H16NO3. The molecule has 0 aliphatic carbocycles. The monoisotopic (exact) mass is 222 g/mol. The second-order valence-electron chi connectivity index (χ2n) is 3.22. The molecule has 0 saturated carbocycles. The smallest absolute Gasteiger partial charge is 0.224 e. The van der Waals surface area contributed by atoms with Crippen LogP contribution in [0.2, 0.25) is 0 Å². The van der Waals surface area contributed by atoms with E-state index < -0.39 is 0 Å². The van der Waals surface area contributed by atoms with E-state index in [4.69, 9.17) is 9.47 Å². The molecule has 1 aromatic carbocycles. The molecule has 1 radical (unpaired) electrons.